The molecule has 1 aliphatic heterocycles. The summed E-state index contributed by atoms with van der Waals surface area (Å²) in [5, 5.41) is 7.62. The van der Waals surface area contributed by atoms with Crippen molar-refractivity contribution in [3.63, 3.8) is 0 Å². The molecular weight excluding hydrogens is 276 g/mol. The first kappa shape index (κ1) is 14.2. The lowest BCUT2D eigenvalue weighted by Crippen LogP contribution is -2.43. The summed E-state index contributed by atoms with van der Waals surface area (Å²) in [5.74, 6) is 1.76. The van der Waals surface area contributed by atoms with E-state index in [0.717, 1.165) is 24.8 Å². The van der Waals surface area contributed by atoms with Crippen molar-refractivity contribution < 1.29 is 4.79 Å². The molecule has 1 N–H and O–H groups in total. The van der Waals surface area contributed by atoms with Crippen LogP contribution in [-0.2, 0) is 11.8 Å². The fourth-order valence-corrected chi connectivity index (χ4v) is 3.95. The van der Waals surface area contributed by atoms with Crippen LogP contribution in [0.2, 0.25) is 0 Å². The maximum absolute atomic E-state index is 12.5. The molecule has 0 radical (unpaired) electrons. The number of amides is 1. The van der Waals surface area contributed by atoms with Gasteiger partial charge in [-0.1, -0.05) is 0 Å². The summed E-state index contributed by atoms with van der Waals surface area (Å²) < 4.78 is 1.85. The summed E-state index contributed by atoms with van der Waals surface area (Å²) in [7, 11) is 1.95. The molecule has 1 aromatic heterocycles. The van der Waals surface area contributed by atoms with Crippen LogP contribution in [-0.4, -0.2) is 39.7 Å². The first-order chi connectivity index (χ1) is 10.7. The van der Waals surface area contributed by atoms with Gasteiger partial charge in [-0.05, 0) is 56.9 Å². The molecule has 120 valence electrons. The molecule has 22 heavy (non-hydrogen) atoms. The first-order valence-corrected chi connectivity index (χ1v) is 8.72. The van der Waals surface area contributed by atoms with Crippen LogP contribution < -0.4 is 5.32 Å². The third-order valence-corrected chi connectivity index (χ3v) is 5.41. The van der Waals surface area contributed by atoms with Crippen molar-refractivity contribution in [1.29, 1.82) is 0 Å². The third-order valence-electron chi connectivity index (χ3n) is 5.41. The van der Waals surface area contributed by atoms with Crippen molar-refractivity contribution in [1.82, 2.24) is 20.0 Å². The Morgan fingerprint density at radius 1 is 1.32 bits per heavy atom. The van der Waals surface area contributed by atoms with Crippen molar-refractivity contribution >= 4 is 5.91 Å². The number of aromatic nitrogens is 2. The summed E-state index contributed by atoms with van der Waals surface area (Å²) in [6.07, 6.45) is 11.6. The number of carbonyl (C=O) groups excluding carboxylic acids is 1. The molecule has 1 saturated heterocycles. The normalized spacial score (nSPS) is 25.8. The lowest BCUT2D eigenvalue weighted by Gasteiger charge is -2.25. The van der Waals surface area contributed by atoms with Gasteiger partial charge in [0, 0.05) is 30.9 Å². The minimum atomic E-state index is 0.222. The minimum absolute atomic E-state index is 0.222. The van der Waals surface area contributed by atoms with E-state index < -0.39 is 0 Å². The molecule has 2 heterocycles. The van der Waals surface area contributed by atoms with E-state index >= 15 is 0 Å². The highest BCUT2D eigenvalue weighted by atomic mass is 16.2. The largest absolute Gasteiger partial charge is 0.352 e. The van der Waals surface area contributed by atoms with Crippen LogP contribution in [0.5, 0.6) is 0 Å². The van der Waals surface area contributed by atoms with Gasteiger partial charge >= 0.3 is 0 Å². The zero-order valence-corrected chi connectivity index (χ0v) is 13.4. The molecule has 0 bridgehead atoms. The van der Waals surface area contributed by atoms with Crippen LogP contribution in [0.3, 0.4) is 0 Å². The first-order valence-electron chi connectivity index (χ1n) is 8.72. The average Bonchev–Trinajstić information content (AvgIpc) is 3.41. The second kappa shape index (κ2) is 5.69. The predicted molar refractivity (Wildman–Crippen MR) is 84.1 cm³/mol. The van der Waals surface area contributed by atoms with E-state index in [4.69, 9.17) is 0 Å². The molecule has 1 aromatic rings. The van der Waals surface area contributed by atoms with E-state index in [1.807, 2.05) is 17.9 Å². The SMILES string of the molecule is Cn1cc([C@@H]2CCCN2CC(=O)NC(C2CC2)C2CC2)cn1. The summed E-state index contributed by atoms with van der Waals surface area (Å²) in [4.78, 5) is 14.8. The van der Waals surface area contributed by atoms with E-state index in [9.17, 15) is 4.79 Å². The zero-order valence-electron chi connectivity index (χ0n) is 13.4. The van der Waals surface area contributed by atoms with Gasteiger partial charge in [-0.25, -0.2) is 0 Å². The number of rotatable bonds is 6. The Labute approximate surface area is 132 Å². The standard InChI is InChI=1S/C17H26N4O/c1-20-10-14(9-18-20)15-3-2-8-21(15)11-16(22)19-17(12-4-5-12)13-6-7-13/h9-10,12-13,15,17H,2-8,11H2,1H3,(H,19,22)/t15-/m0/s1. The second-order valence-electron chi connectivity index (χ2n) is 7.34. The molecule has 0 unspecified atom stereocenters. The Bertz CT molecular complexity index is 535. The van der Waals surface area contributed by atoms with Crippen molar-refractivity contribution in [3.8, 4) is 0 Å². The van der Waals surface area contributed by atoms with Gasteiger partial charge in [0.1, 0.15) is 0 Å². The molecule has 5 nitrogen and oxygen atoms in total. The van der Waals surface area contributed by atoms with Crippen LogP contribution in [0.1, 0.15) is 50.1 Å². The number of nitrogens with one attached hydrogen (secondary N) is 1. The molecule has 5 heteroatoms. The van der Waals surface area contributed by atoms with E-state index in [0.29, 0.717) is 18.6 Å². The molecule has 4 rings (SSSR count). The molecule has 3 fully saturated rings. The lowest BCUT2D eigenvalue weighted by atomic mass is 10.1. The Morgan fingerprint density at radius 3 is 2.64 bits per heavy atom. The summed E-state index contributed by atoms with van der Waals surface area (Å²) in [6, 6.07) is 0.826. The number of carbonyl (C=O) groups is 1. The molecule has 2 saturated carbocycles. The Kier molecular flexibility index (Phi) is 3.68. The van der Waals surface area contributed by atoms with Crippen molar-refractivity contribution in [2.24, 2.45) is 18.9 Å². The maximum atomic E-state index is 12.5. The number of likely N-dealkylation sites (tertiary alicyclic amines) is 1. The Hall–Kier alpha value is -1.36. The van der Waals surface area contributed by atoms with Crippen LogP contribution in [0.25, 0.3) is 0 Å². The predicted octanol–water partition coefficient (Wildman–Crippen LogP) is 1.86. The molecule has 0 spiro atoms. The lowest BCUT2D eigenvalue weighted by molar-refractivity contribution is -0.123. The monoisotopic (exact) mass is 302 g/mol. The average molecular weight is 302 g/mol. The Morgan fingerprint density at radius 2 is 2.05 bits per heavy atom. The van der Waals surface area contributed by atoms with Gasteiger partial charge in [0.15, 0.2) is 0 Å². The van der Waals surface area contributed by atoms with Crippen LogP contribution in [0, 0.1) is 11.8 Å². The minimum Gasteiger partial charge on any atom is -0.352 e. The highest BCUT2D eigenvalue weighted by Gasteiger charge is 2.42. The fraction of sp³-hybridized carbons (Fsp3) is 0.765. The Balaban J connectivity index is 1.36. The molecular formula is C17H26N4O. The van der Waals surface area contributed by atoms with Crippen molar-refractivity contribution in [2.45, 2.75) is 50.6 Å². The summed E-state index contributed by atoms with van der Waals surface area (Å²) in [6.45, 7) is 1.56. The zero-order chi connectivity index (χ0) is 15.1. The second-order valence-corrected chi connectivity index (χ2v) is 7.34. The van der Waals surface area contributed by atoms with Crippen LogP contribution in [0.15, 0.2) is 12.4 Å². The number of nitrogens with zero attached hydrogens (tertiary/aromatic N) is 3. The molecule has 1 atom stereocenters. The molecule has 1 amide bonds. The van der Waals surface area contributed by atoms with Gasteiger partial charge < -0.3 is 5.32 Å². The highest BCUT2D eigenvalue weighted by molar-refractivity contribution is 5.78. The number of hydrogen-bond donors (Lipinski definition) is 1. The van der Waals surface area contributed by atoms with Gasteiger partial charge in [-0.3, -0.25) is 14.4 Å². The highest BCUT2D eigenvalue weighted by Crippen LogP contribution is 2.44. The molecule has 0 aromatic carbocycles. The topological polar surface area (TPSA) is 50.2 Å². The van der Waals surface area contributed by atoms with Gasteiger partial charge in [0.05, 0.1) is 12.7 Å². The molecule has 2 aliphatic carbocycles. The van der Waals surface area contributed by atoms with E-state index in [1.165, 1.54) is 37.7 Å². The van der Waals surface area contributed by atoms with Gasteiger partial charge in [0.25, 0.3) is 0 Å². The van der Waals surface area contributed by atoms with Gasteiger partial charge in [0.2, 0.25) is 5.91 Å². The van der Waals surface area contributed by atoms with E-state index in [1.54, 1.807) is 0 Å². The smallest absolute Gasteiger partial charge is 0.234 e. The fourth-order valence-electron chi connectivity index (χ4n) is 3.95. The third kappa shape index (κ3) is 3.05. The van der Waals surface area contributed by atoms with Gasteiger partial charge in [-0.2, -0.15) is 5.10 Å². The van der Waals surface area contributed by atoms with E-state index in [-0.39, 0.29) is 5.91 Å². The number of aryl methyl sites for hydroxylation is 1. The summed E-state index contributed by atoms with van der Waals surface area (Å²) >= 11 is 0. The maximum Gasteiger partial charge on any atom is 0.234 e. The van der Waals surface area contributed by atoms with Crippen LogP contribution >= 0.6 is 0 Å². The van der Waals surface area contributed by atoms with Crippen molar-refractivity contribution in [3.05, 3.63) is 18.0 Å². The van der Waals surface area contributed by atoms with Crippen LogP contribution in [0.4, 0.5) is 0 Å². The van der Waals surface area contributed by atoms with Gasteiger partial charge in [-0.15, -0.1) is 0 Å². The quantitative estimate of drug-likeness (QED) is 0.872. The number of hydrogen-bond acceptors (Lipinski definition) is 3. The summed E-state index contributed by atoms with van der Waals surface area (Å²) in [5.41, 5.74) is 1.24. The van der Waals surface area contributed by atoms with E-state index in [2.05, 4.69) is 21.5 Å². The molecule has 3 aliphatic rings. The van der Waals surface area contributed by atoms with Crippen molar-refractivity contribution in [2.75, 3.05) is 13.1 Å².